The zero-order valence-corrected chi connectivity index (χ0v) is 14.6. The summed E-state index contributed by atoms with van der Waals surface area (Å²) in [7, 11) is 0. The fourth-order valence-electron chi connectivity index (χ4n) is 3.73. The summed E-state index contributed by atoms with van der Waals surface area (Å²) < 4.78 is 2.36. The highest BCUT2D eigenvalue weighted by Crippen LogP contribution is 2.41. The normalized spacial score (nSPS) is 21.3. The van der Waals surface area contributed by atoms with Gasteiger partial charge in [-0.05, 0) is 52.0 Å². The van der Waals surface area contributed by atoms with Crippen molar-refractivity contribution >= 4 is 0 Å². The van der Waals surface area contributed by atoms with Crippen LogP contribution in [0.3, 0.4) is 0 Å². The Bertz CT molecular complexity index is 466. The lowest BCUT2D eigenvalue weighted by atomic mass is 9.75. The van der Waals surface area contributed by atoms with E-state index in [4.69, 9.17) is 0 Å². The first-order valence-electron chi connectivity index (χ1n) is 8.33. The number of aliphatic hydroxyl groups is 1. The van der Waals surface area contributed by atoms with Crippen molar-refractivity contribution < 1.29 is 5.11 Å². The summed E-state index contributed by atoms with van der Waals surface area (Å²) in [6.07, 6.45) is 3.80. The van der Waals surface area contributed by atoms with Gasteiger partial charge in [-0.15, -0.1) is 0 Å². The van der Waals surface area contributed by atoms with Crippen LogP contribution in [0.4, 0.5) is 0 Å². The molecule has 21 heavy (non-hydrogen) atoms. The molecule has 0 aromatic carbocycles. The number of aromatic nitrogens is 1. The number of rotatable bonds is 5. The van der Waals surface area contributed by atoms with Crippen LogP contribution in [0, 0.1) is 5.41 Å². The highest BCUT2D eigenvalue weighted by Gasteiger charge is 2.33. The van der Waals surface area contributed by atoms with E-state index in [2.05, 4.69) is 63.3 Å². The van der Waals surface area contributed by atoms with Crippen LogP contribution >= 0.6 is 0 Å². The number of hydrogen-bond acceptors (Lipinski definition) is 2. The second-order valence-corrected chi connectivity index (χ2v) is 7.90. The predicted molar refractivity (Wildman–Crippen MR) is 88.5 cm³/mol. The van der Waals surface area contributed by atoms with Crippen LogP contribution in [0.2, 0.25) is 0 Å². The number of aliphatic hydroxyl groups excluding tert-OH is 1. The van der Waals surface area contributed by atoms with Crippen molar-refractivity contribution in [2.45, 2.75) is 79.1 Å². The molecule has 0 aliphatic heterocycles. The van der Waals surface area contributed by atoms with Crippen molar-refractivity contribution in [1.29, 1.82) is 0 Å². The molecule has 1 N–H and O–H groups in total. The van der Waals surface area contributed by atoms with Crippen LogP contribution in [-0.2, 0) is 13.0 Å². The predicted octanol–water partition coefficient (Wildman–Crippen LogP) is 3.61. The first-order chi connectivity index (χ1) is 9.71. The molecule has 1 heterocycles. The molecule has 0 fully saturated rings. The van der Waals surface area contributed by atoms with E-state index in [1.54, 1.807) is 0 Å². The topological polar surface area (TPSA) is 28.4 Å². The number of nitrogens with zero attached hydrogens (tertiary/aromatic N) is 2. The maximum Gasteiger partial charge on any atom is 0.0812 e. The van der Waals surface area contributed by atoms with Crippen LogP contribution < -0.4 is 0 Å². The highest BCUT2D eigenvalue weighted by atomic mass is 16.3. The summed E-state index contributed by atoms with van der Waals surface area (Å²) in [6, 6.07) is 3.25. The quantitative estimate of drug-likeness (QED) is 0.898. The zero-order chi connectivity index (χ0) is 15.8. The van der Waals surface area contributed by atoms with Crippen molar-refractivity contribution in [2.75, 3.05) is 6.54 Å². The van der Waals surface area contributed by atoms with Gasteiger partial charge in [0.25, 0.3) is 0 Å². The Morgan fingerprint density at radius 1 is 1.29 bits per heavy atom. The summed E-state index contributed by atoms with van der Waals surface area (Å²) in [4.78, 5) is 2.52. The fourth-order valence-corrected chi connectivity index (χ4v) is 3.73. The van der Waals surface area contributed by atoms with E-state index in [-0.39, 0.29) is 11.5 Å². The van der Waals surface area contributed by atoms with Gasteiger partial charge < -0.3 is 9.67 Å². The summed E-state index contributed by atoms with van der Waals surface area (Å²) in [5.74, 6) is 0. The largest absolute Gasteiger partial charge is 0.388 e. The van der Waals surface area contributed by atoms with E-state index >= 15 is 0 Å². The molecule has 0 spiro atoms. The third-order valence-electron chi connectivity index (χ3n) is 4.79. The molecule has 0 amide bonds. The maximum atomic E-state index is 10.3. The second kappa shape index (κ2) is 6.13. The van der Waals surface area contributed by atoms with Gasteiger partial charge in [-0.1, -0.05) is 13.8 Å². The molecular formula is C18H32N2O. The Morgan fingerprint density at radius 3 is 2.48 bits per heavy atom. The minimum absolute atomic E-state index is 0.193. The molecule has 1 aromatic heterocycles. The van der Waals surface area contributed by atoms with Gasteiger partial charge in [0, 0.05) is 42.6 Å². The van der Waals surface area contributed by atoms with E-state index in [1.165, 1.54) is 5.69 Å². The second-order valence-electron chi connectivity index (χ2n) is 7.90. The Morgan fingerprint density at radius 2 is 1.90 bits per heavy atom. The van der Waals surface area contributed by atoms with E-state index in [0.717, 1.165) is 31.5 Å². The van der Waals surface area contributed by atoms with E-state index in [1.807, 2.05) is 0 Å². The summed E-state index contributed by atoms with van der Waals surface area (Å²) in [5, 5.41) is 10.3. The molecule has 1 aliphatic carbocycles. The van der Waals surface area contributed by atoms with Gasteiger partial charge in [-0.2, -0.15) is 0 Å². The van der Waals surface area contributed by atoms with Gasteiger partial charge in [-0.25, -0.2) is 0 Å². The molecule has 0 bridgehead atoms. The minimum Gasteiger partial charge on any atom is -0.388 e. The van der Waals surface area contributed by atoms with Crippen molar-refractivity contribution in [3.05, 3.63) is 23.5 Å². The molecule has 2 rings (SSSR count). The van der Waals surface area contributed by atoms with Crippen molar-refractivity contribution in [1.82, 2.24) is 9.47 Å². The fraction of sp³-hybridized carbons (Fsp3) is 0.778. The Kier molecular flexibility index (Phi) is 4.84. The molecule has 1 aromatic rings. The van der Waals surface area contributed by atoms with Gasteiger partial charge >= 0.3 is 0 Å². The van der Waals surface area contributed by atoms with Crippen molar-refractivity contribution in [2.24, 2.45) is 5.41 Å². The highest BCUT2D eigenvalue weighted by molar-refractivity contribution is 5.29. The molecule has 0 saturated heterocycles. The number of fused-ring (bicyclic) bond motifs is 1. The van der Waals surface area contributed by atoms with Gasteiger partial charge in [0.05, 0.1) is 6.10 Å². The molecule has 1 atom stereocenters. The van der Waals surface area contributed by atoms with E-state index in [9.17, 15) is 5.11 Å². The number of hydrogen-bond donors (Lipinski definition) is 1. The van der Waals surface area contributed by atoms with Gasteiger partial charge in [0.15, 0.2) is 0 Å². The van der Waals surface area contributed by atoms with E-state index < -0.39 is 0 Å². The third-order valence-corrected chi connectivity index (χ3v) is 4.79. The lowest BCUT2D eigenvalue weighted by Crippen LogP contribution is -2.39. The minimum atomic E-state index is -0.295. The molecule has 0 radical (unpaired) electrons. The molecule has 3 nitrogen and oxygen atoms in total. The average Bonchev–Trinajstić information content (AvgIpc) is 2.70. The molecule has 0 saturated carbocycles. The Balaban J connectivity index is 2.13. The van der Waals surface area contributed by atoms with Crippen LogP contribution in [0.5, 0.6) is 0 Å². The first kappa shape index (κ1) is 16.6. The summed E-state index contributed by atoms with van der Waals surface area (Å²) in [5.41, 5.74) is 2.68. The standard InChI is InChI=1S/C18H32N2O/c1-13(2)20(14(3)4)10-9-19-8-7-15-16(19)11-18(5,6)12-17(15)21/h7-8,13-14,17,21H,9-12H2,1-6H3. The summed E-state index contributed by atoms with van der Waals surface area (Å²) in [6.45, 7) is 15.6. The van der Waals surface area contributed by atoms with Crippen molar-refractivity contribution in [3.63, 3.8) is 0 Å². The third kappa shape index (κ3) is 3.70. The average molecular weight is 292 g/mol. The molecule has 1 unspecified atom stereocenters. The lowest BCUT2D eigenvalue weighted by Gasteiger charge is -2.35. The van der Waals surface area contributed by atoms with Crippen LogP contribution in [0.1, 0.15) is 65.3 Å². The SMILES string of the molecule is CC(C)N(CCn1ccc2c1CC(C)(C)CC2O)C(C)C. The van der Waals surface area contributed by atoms with E-state index in [0.29, 0.717) is 12.1 Å². The van der Waals surface area contributed by atoms with Gasteiger partial charge in [-0.3, -0.25) is 4.90 Å². The zero-order valence-electron chi connectivity index (χ0n) is 14.6. The Hall–Kier alpha value is -0.800. The molecule has 120 valence electrons. The van der Waals surface area contributed by atoms with Crippen LogP contribution in [0.25, 0.3) is 0 Å². The maximum absolute atomic E-state index is 10.3. The van der Waals surface area contributed by atoms with Gasteiger partial charge in [0.1, 0.15) is 0 Å². The first-order valence-corrected chi connectivity index (χ1v) is 8.33. The van der Waals surface area contributed by atoms with Crippen molar-refractivity contribution in [3.8, 4) is 0 Å². The lowest BCUT2D eigenvalue weighted by molar-refractivity contribution is 0.0972. The van der Waals surface area contributed by atoms with Gasteiger partial charge in [0.2, 0.25) is 0 Å². The van der Waals surface area contributed by atoms with Crippen LogP contribution in [-0.4, -0.2) is 33.2 Å². The molecule has 1 aliphatic rings. The summed E-state index contributed by atoms with van der Waals surface area (Å²) >= 11 is 0. The molecular weight excluding hydrogens is 260 g/mol. The van der Waals surface area contributed by atoms with Crippen LogP contribution in [0.15, 0.2) is 12.3 Å². The smallest absolute Gasteiger partial charge is 0.0812 e. The Labute approximate surface area is 130 Å². The monoisotopic (exact) mass is 292 g/mol. The molecule has 3 heteroatoms.